The quantitative estimate of drug-likeness (QED) is 0.731. The third-order valence-electron chi connectivity index (χ3n) is 3.45. The van der Waals surface area contributed by atoms with Crippen LogP contribution in [0.5, 0.6) is 5.75 Å². The minimum Gasteiger partial charge on any atom is -0.489 e. The van der Waals surface area contributed by atoms with E-state index >= 15 is 0 Å². The lowest BCUT2D eigenvalue weighted by Crippen LogP contribution is -2.25. The molecule has 0 saturated heterocycles. The third kappa shape index (κ3) is 4.71. The van der Waals surface area contributed by atoms with Gasteiger partial charge in [0.2, 0.25) is 0 Å². The van der Waals surface area contributed by atoms with Gasteiger partial charge in [0, 0.05) is 18.0 Å². The summed E-state index contributed by atoms with van der Waals surface area (Å²) < 4.78 is 5.78. The Hall–Kier alpha value is -2.13. The summed E-state index contributed by atoms with van der Waals surface area (Å²) in [5.41, 5.74) is 1.82. The molecule has 0 heterocycles. The molecule has 22 heavy (non-hydrogen) atoms. The standard InChI is InChI=1S/C19H23NO2/c1-15(13-20(2)3)19(21)17-10-7-11-18(12-17)22-14-16-8-5-4-6-9-16/h4-12,15H,13-14H2,1-3H3/t15-/m1/s1. The van der Waals surface area contributed by atoms with Crippen molar-refractivity contribution in [3.63, 3.8) is 0 Å². The maximum absolute atomic E-state index is 12.4. The lowest BCUT2D eigenvalue weighted by atomic mass is 9.99. The molecule has 3 nitrogen and oxygen atoms in total. The van der Waals surface area contributed by atoms with Crippen LogP contribution in [-0.2, 0) is 6.61 Å². The Morgan fingerprint density at radius 3 is 2.50 bits per heavy atom. The first-order valence-corrected chi connectivity index (χ1v) is 7.52. The van der Waals surface area contributed by atoms with Gasteiger partial charge in [-0.25, -0.2) is 0 Å². The highest BCUT2D eigenvalue weighted by Gasteiger charge is 2.16. The van der Waals surface area contributed by atoms with Crippen molar-refractivity contribution in [1.82, 2.24) is 4.90 Å². The Morgan fingerprint density at radius 1 is 1.09 bits per heavy atom. The number of benzene rings is 2. The molecule has 0 spiro atoms. The summed E-state index contributed by atoms with van der Waals surface area (Å²) in [5.74, 6) is 0.852. The summed E-state index contributed by atoms with van der Waals surface area (Å²) in [6.45, 7) is 3.21. The second kappa shape index (κ2) is 7.76. The highest BCUT2D eigenvalue weighted by molar-refractivity contribution is 5.98. The Kier molecular flexibility index (Phi) is 5.73. The first-order valence-electron chi connectivity index (χ1n) is 7.52. The molecule has 0 saturated carbocycles. The molecule has 0 aliphatic carbocycles. The molecule has 0 N–H and O–H groups in total. The summed E-state index contributed by atoms with van der Waals surface area (Å²) in [6, 6.07) is 17.4. The summed E-state index contributed by atoms with van der Waals surface area (Å²) in [6.07, 6.45) is 0. The predicted molar refractivity (Wildman–Crippen MR) is 89.3 cm³/mol. The lowest BCUT2D eigenvalue weighted by Gasteiger charge is -2.16. The van der Waals surface area contributed by atoms with Crippen LogP contribution < -0.4 is 4.74 Å². The highest BCUT2D eigenvalue weighted by atomic mass is 16.5. The number of ketones is 1. The monoisotopic (exact) mass is 297 g/mol. The fourth-order valence-electron chi connectivity index (χ4n) is 2.40. The maximum atomic E-state index is 12.4. The van der Waals surface area contributed by atoms with Gasteiger partial charge in [-0.05, 0) is 31.8 Å². The first kappa shape index (κ1) is 16.2. The fraction of sp³-hybridized carbons (Fsp3) is 0.316. The van der Waals surface area contributed by atoms with E-state index in [9.17, 15) is 4.79 Å². The topological polar surface area (TPSA) is 29.5 Å². The van der Waals surface area contributed by atoms with Crippen LogP contribution in [0, 0.1) is 5.92 Å². The minimum atomic E-state index is -0.0284. The fourth-order valence-corrected chi connectivity index (χ4v) is 2.40. The minimum absolute atomic E-state index is 0.0284. The van der Waals surface area contributed by atoms with Gasteiger partial charge < -0.3 is 9.64 Å². The van der Waals surface area contributed by atoms with Gasteiger partial charge in [-0.3, -0.25) is 4.79 Å². The van der Waals surface area contributed by atoms with Crippen molar-refractivity contribution in [2.24, 2.45) is 5.92 Å². The molecule has 0 aliphatic rings. The smallest absolute Gasteiger partial charge is 0.167 e. The average Bonchev–Trinajstić information content (AvgIpc) is 2.53. The predicted octanol–water partition coefficient (Wildman–Crippen LogP) is 3.65. The SMILES string of the molecule is C[C@H](CN(C)C)C(=O)c1cccc(OCc2ccccc2)c1. The van der Waals surface area contributed by atoms with Crippen molar-refractivity contribution in [2.75, 3.05) is 20.6 Å². The Balaban J connectivity index is 2.02. The Labute approximate surface area is 132 Å². The second-order valence-electron chi connectivity index (χ2n) is 5.83. The number of carbonyl (C=O) groups is 1. The zero-order valence-electron chi connectivity index (χ0n) is 13.5. The van der Waals surface area contributed by atoms with Crippen molar-refractivity contribution in [3.8, 4) is 5.75 Å². The van der Waals surface area contributed by atoms with E-state index in [2.05, 4.69) is 0 Å². The zero-order valence-corrected chi connectivity index (χ0v) is 13.5. The molecule has 0 radical (unpaired) electrons. The average molecular weight is 297 g/mol. The summed E-state index contributed by atoms with van der Waals surface area (Å²) in [4.78, 5) is 14.5. The van der Waals surface area contributed by atoms with Gasteiger partial charge in [0.05, 0.1) is 0 Å². The Bertz CT molecular complexity index is 608. The van der Waals surface area contributed by atoms with Gasteiger partial charge in [-0.15, -0.1) is 0 Å². The summed E-state index contributed by atoms with van der Waals surface area (Å²) >= 11 is 0. The van der Waals surface area contributed by atoms with Crippen LogP contribution >= 0.6 is 0 Å². The van der Waals surface area contributed by atoms with Crippen LogP contribution in [0.25, 0.3) is 0 Å². The van der Waals surface area contributed by atoms with E-state index in [1.54, 1.807) is 0 Å². The van der Waals surface area contributed by atoms with E-state index in [0.29, 0.717) is 12.2 Å². The van der Waals surface area contributed by atoms with E-state index in [1.165, 1.54) is 0 Å². The molecule has 3 heteroatoms. The van der Waals surface area contributed by atoms with Gasteiger partial charge >= 0.3 is 0 Å². The largest absolute Gasteiger partial charge is 0.489 e. The first-order chi connectivity index (χ1) is 10.6. The van der Waals surface area contributed by atoms with E-state index in [1.807, 2.05) is 80.5 Å². The maximum Gasteiger partial charge on any atom is 0.167 e. The van der Waals surface area contributed by atoms with E-state index in [4.69, 9.17) is 4.74 Å². The van der Waals surface area contributed by atoms with Crippen molar-refractivity contribution >= 4 is 5.78 Å². The molecule has 1 atom stereocenters. The number of nitrogens with zero attached hydrogens (tertiary/aromatic N) is 1. The van der Waals surface area contributed by atoms with Crippen LogP contribution in [0.15, 0.2) is 54.6 Å². The van der Waals surface area contributed by atoms with Crippen LogP contribution in [0.1, 0.15) is 22.8 Å². The third-order valence-corrected chi connectivity index (χ3v) is 3.45. The van der Waals surface area contributed by atoms with Crippen molar-refractivity contribution < 1.29 is 9.53 Å². The van der Waals surface area contributed by atoms with E-state index in [0.717, 1.165) is 17.9 Å². The number of ether oxygens (including phenoxy) is 1. The van der Waals surface area contributed by atoms with Crippen molar-refractivity contribution in [3.05, 3.63) is 65.7 Å². The van der Waals surface area contributed by atoms with Crippen LogP contribution in [0.2, 0.25) is 0 Å². The molecule has 0 aromatic heterocycles. The van der Waals surface area contributed by atoms with E-state index in [-0.39, 0.29) is 11.7 Å². The van der Waals surface area contributed by atoms with Crippen LogP contribution in [0.3, 0.4) is 0 Å². The van der Waals surface area contributed by atoms with Gasteiger partial charge in [0.1, 0.15) is 12.4 Å². The molecule has 2 rings (SSSR count). The molecular weight excluding hydrogens is 274 g/mol. The molecule has 0 fully saturated rings. The number of Topliss-reactive ketones (excluding diaryl/α,β-unsaturated/α-hetero) is 1. The summed E-state index contributed by atoms with van der Waals surface area (Å²) in [7, 11) is 3.95. The zero-order chi connectivity index (χ0) is 15.9. The molecule has 0 bridgehead atoms. The lowest BCUT2D eigenvalue weighted by molar-refractivity contribution is 0.0909. The number of hydrogen-bond donors (Lipinski definition) is 0. The summed E-state index contributed by atoms with van der Waals surface area (Å²) in [5, 5.41) is 0. The Morgan fingerprint density at radius 2 is 1.82 bits per heavy atom. The van der Waals surface area contributed by atoms with Gasteiger partial charge in [0.25, 0.3) is 0 Å². The van der Waals surface area contributed by atoms with Gasteiger partial charge in [-0.2, -0.15) is 0 Å². The molecule has 0 unspecified atom stereocenters. The highest BCUT2D eigenvalue weighted by Crippen LogP contribution is 2.18. The molecule has 2 aromatic carbocycles. The number of hydrogen-bond acceptors (Lipinski definition) is 3. The van der Waals surface area contributed by atoms with Crippen molar-refractivity contribution in [1.29, 1.82) is 0 Å². The van der Waals surface area contributed by atoms with E-state index < -0.39 is 0 Å². The molecule has 116 valence electrons. The molecular formula is C19H23NO2. The van der Waals surface area contributed by atoms with Crippen LogP contribution in [-0.4, -0.2) is 31.3 Å². The number of carbonyl (C=O) groups excluding carboxylic acids is 1. The van der Waals surface area contributed by atoms with Crippen LogP contribution in [0.4, 0.5) is 0 Å². The normalized spacial score (nSPS) is 12.2. The van der Waals surface area contributed by atoms with Gasteiger partial charge in [0.15, 0.2) is 5.78 Å². The second-order valence-corrected chi connectivity index (χ2v) is 5.83. The van der Waals surface area contributed by atoms with Gasteiger partial charge in [-0.1, -0.05) is 49.4 Å². The molecule has 2 aromatic rings. The van der Waals surface area contributed by atoms with Crippen molar-refractivity contribution in [2.45, 2.75) is 13.5 Å². The molecule has 0 aliphatic heterocycles. The number of rotatable bonds is 7. The molecule has 0 amide bonds.